The van der Waals surface area contributed by atoms with Gasteiger partial charge in [-0.3, -0.25) is 9.59 Å². The summed E-state index contributed by atoms with van der Waals surface area (Å²) < 4.78 is 5.67. The molecule has 2 atom stereocenters. The second kappa shape index (κ2) is 5.46. The zero-order valence-electron chi connectivity index (χ0n) is 11.9. The van der Waals surface area contributed by atoms with Gasteiger partial charge in [-0.15, -0.1) is 0 Å². The first kappa shape index (κ1) is 14.3. The fourth-order valence-corrected chi connectivity index (χ4v) is 2.60. The highest BCUT2D eigenvalue weighted by Crippen LogP contribution is 2.18. The molecule has 0 aromatic rings. The number of nitrogens with one attached hydrogen (secondary N) is 1. The molecule has 19 heavy (non-hydrogen) atoms. The van der Waals surface area contributed by atoms with E-state index in [0.29, 0.717) is 19.6 Å². The minimum Gasteiger partial charge on any atom is -0.374 e. The van der Waals surface area contributed by atoms with E-state index in [-0.39, 0.29) is 24.5 Å². The number of likely N-dealkylation sites (N-methyl/N-ethyl adjacent to an activating group) is 1. The average molecular weight is 269 g/mol. The Balaban J connectivity index is 2.02. The van der Waals surface area contributed by atoms with Gasteiger partial charge < -0.3 is 19.9 Å². The van der Waals surface area contributed by atoms with Gasteiger partial charge in [-0.2, -0.15) is 0 Å². The molecule has 0 radical (unpaired) electrons. The van der Waals surface area contributed by atoms with Crippen LogP contribution in [-0.4, -0.2) is 73.1 Å². The van der Waals surface area contributed by atoms with E-state index in [4.69, 9.17) is 4.74 Å². The van der Waals surface area contributed by atoms with Crippen LogP contribution in [0.1, 0.15) is 20.3 Å². The lowest BCUT2D eigenvalue weighted by molar-refractivity contribution is -0.152. The Morgan fingerprint density at radius 1 is 1.47 bits per heavy atom. The van der Waals surface area contributed by atoms with Gasteiger partial charge in [0.15, 0.2) is 0 Å². The summed E-state index contributed by atoms with van der Waals surface area (Å²) in [7, 11) is 2.04. The van der Waals surface area contributed by atoms with Crippen molar-refractivity contribution in [3.8, 4) is 0 Å². The number of amides is 2. The van der Waals surface area contributed by atoms with E-state index in [2.05, 4.69) is 10.2 Å². The largest absolute Gasteiger partial charge is 0.374 e. The summed E-state index contributed by atoms with van der Waals surface area (Å²) >= 11 is 0. The highest BCUT2D eigenvalue weighted by atomic mass is 16.5. The molecule has 0 spiro atoms. The fraction of sp³-hybridized carbons (Fsp3) is 0.846. The summed E-state index contributed by atoms with van der Waals surface area (Å²) in [5, 5.41) is 2.79. The third kappa shape index (κ3) is 3.06. The minimum atomic E-state index is -0.768. The number of carbonyl (C=O) groups is 2. The molecule has 0 aromatic heterocycles. The van der Waals surface area contributed by atoms with Gasteiger partial charge in [0.1, 0.15) is 5.54 Å². The van der Waals surface area contributed by atoms with Crippen LogP contribution in [0, 0.1) is 0 Å². The third-order valence-corrected chi connectivity index (χ3v) is 3.98. The molecule has 108 valence electrons. The maximum Gasteiger partial charge on any atom is 0.248 e. The number of ether oxygens (including phenoxy) is 1. The number of carbonyl (C=O) groups excluding carboxylic acids is 2. The standard InChI is InChI=1S/C13H23N3O3/c1-4-13(2)12(18)16(9-11(17)14-13)8-10-7-15(3)5-6-19-10/h10H,4-9H2,1-3H3,(H,14,17). The van der Waals surface area contributed by atoms with Crippen LogP contribution < -0.4 is 5.32 Å². The van der Waals surface area contributed by atoms with Crippen molar-refractivity contribution in [2.75, 3.05) is 39.8 Å². The lowest BCUT2D eigenvalue weighted by Crippen LogP contribution is -2.66. The molecule has 2 aliphatic rings. The first-order valence-corrected chi connectivity index (χ1v) is 6.85. The molecule has 0 bridgehead atoms. The molecule has 2 fully saturated rings. The topological polar surface area (TPSA) is 61.9 Å². The SMILES string of the molecule is CCC1(C)NC(=O)CN(CC2CN(C)CCO2)C1=O. The molecule has 0 aromatic carbocycles. The maximum absolute atomic E-state index is 12.4. The zero-order chi connectivity index (χ0) is 14.0. The van der Waals surface area contributed by atoms with Crippen LogP contribution in [0.15, 0.2) is 0 Å². The monoisotopic (exact) mass is 269 g/mol. The van der Waals surface area contributed by atoms with Crippen molar-refractivity contribution < 1.29 is 14.3 Å². The summed E-state index contributed by atoms with van der Waals surface area (Å²) in [6, 6.07) is 0. The van der Waals surface area contributed by atoms with Gasteiger partial charge in [0, 0.05) is 19.6 Å². The molecule has 1 N–H and O–H groups in total. The van der Waals surface area contributed by atoms with Crippen LogP contribution >= 0.6 is 0 Å². The van der Waals surface area contributed by atoms with Crippen molar-refractivity contribution in [2.24, 2.45) is 0 Å². The van der Waals surface area contributed by atoms with Gasteiger partial charge in [-0.1, -0.05) is 6.92 Å². The quantitative estimate of drug-likeness (QED) is 0.746. The lowest BCUT2D eigenvalue weighted by atomic mass is 9.94. The summed E-state index contributed by atoms with van der Waals surface area (Å²) in [6.07, 6.45) is 0.592. The Hall–Kier alpha value is -1.14. The zero-order valence-corrected chi connectivity index (χ0v) is 11.9. The Morgan fingerprint density at radius 3 is 2.84 bits per heavy atom. The number of piperazine rings is 1. The summed E-state index contributed by atoms with van der Waals surface area (Å²) in [5.74, 6) is -0.0976. The van der Waals surface area contributed by atoms with E-state index in [1.54, 1.807) is 11.8 Å². The molecule has 0 saturated carbocycles. The molecule has 2 saturated heterocycles. The number of hydrogen-bond acceptors (Lipinski definition) is 4. The Labute approximate surface area is 114 Å². The van der Waals surface area contributed by atoms with Crippen molar-refractivity contribution in [3.05, 3.63) is 0 Å². The normalized spacial score (nSPS) is 33.4. The molecule has 6 nitrogen and oxygen atoms in total. The van der Waals surface area contributed by atoms with E-state index in [9.17, 15) is 9.59 Å². The Morgan fingerprint density at radius 2 is 2.21 bits per heavy atom. The molecule has 6 heteroatoms. The first-order chi connectivity index (χ1) is 8.94. The Kier molecular flexibility index (Phi) is 4.10. The Bertz CT molecular complexity index is 374. The molecular formula is C13H23N3O3. The molecule has 2 heterocycles. The van der Waals surface area contributed by atoms with Crippen molar-refractivity contribution in [1.29, 1.82) is 0 Å². The van der Waals surface area contributed by atoms with Crippen LogP contribution in [0.25, 0.3) is 0 Å². The van der Waals surface area contributed by atoms with Gasteiger partial charge in [-0.25, -0.2) is 0 Å². The number of rotatable bonds is 3. The van der Waals surface area contributed by atoms with Crippen LogP contribution in [0.2, 0.25) is 0 Å². The van der Waals surface area contributed by atoms with Gasteiger partial charge in [0.25, 0.3) is 0 Å². The van der Waals surface area contributed by atoms with Gasteiger partial charge in [0.2, 0.25) is 11.8 Å². The number of nitrogens with zero attached hydrogens (tertiary/aromatic N) is 2. The van der Waals surface area contributed by atoms with Crippen LogP contribution in [0.5, 0.6) is 0 Å². The average Bonchev–Trinajstić information content (AvgIpc) is 2.35. The highest BCUT2D eigenvalue weighted by Gasteiger charge is 2.42. The van der Waals surface area contributed by atoms with Crippen LogP contribution in [-0.2, 0) is 14.3 Å². The molecule has 0 aliphatic carbocycles. The van der Waals surface area contributed by atoms with E-state index in [0.717, 1.165) is 13.1 Å². The summed E-state index contributed by atoms with van der Waals surface area (Å²) in [5.41, 5.74) is -0.768. The van der Waals surface area contributed by atoms with E-state index >= 15 is 0 Å². The first-order valence-electron chi connectivity index (χ1n) is 6.85. The molecular weight excluding hydrogens is 246 g/mol. The molecule has 2 unspecified atom stereocenters. The van der Waals surface area contributed by atoms with Crippen LogP contribution in [0.4, 0.5) is 0 Å². The molecule has 2 aliphatic heterocycles. The van der Waals surface area contributed by atoms with E-state index in [1.165, 1.54) is 0 Å². The van der Waals surface area contributed by atoms with Gasteiger partial charge in [0.05, 0.1) is 19.3 Å². The van der Waals surface area contributed by atoms with Crippen molar-refractivity contribution in [3.63, 3.8) is 0 Å². The smallest absolute Gasteiger partial charge is 0.248 e. The van der Waals surface area contributed by atoms with Crippen molar-refractivity contribution in [2.45, 2.75) is 31.9 Å². The summed E-state index contributed by atoms with van der Waals surface area (Å²) in [6.45, 7) is 6.72. The van der Waals surface area contributed by atoms with Crippen molar-refractivity contribution in [1.82, 2.24) is 15.1 Å². The predicted octanol–water partition coefficient (Wildman–Crippen LogP) is -0.556. The third-order valence-electron chi connectivity index (χ3n) is 3.98. The highest BCUT2D eigenvalue weighted by molar-refractivity contribution is 5.97. The van der Waals surface area contributed by atoms with Crippen molar-refractivity contribution >= 4 is 11.8 Å². The van der Waals surface area contributed by atoms with E-state index in [1.807, 2.05) is 14.0 Å². The predicted molar refractivity (Wildman–Crippen MR) is 70.7 cm³/mol. The minimum absolute atomic E-state index is 0.00490. The molecule has 2 rings (SSSR count). The van der Waals surface area contributed by atoms with Gasteiger partial charge in [-0.05, 0) is 20.4 Å². The second-order valence-corrected chi connectivity index (χ2v) is 5.67. The van der Waals surface area contributed by atoms with E-state index < -0.39 is 5.54 Å². The molecule has 2 amide bonds. The fourth-order valence-electron chi connectivity index (χ4n) is 2.60. The number of morpholine rings is 1. The lowest BCUT2D eigenvalue weighted by Gasteiger charge is -2.41. The number of hydrogen-bond donors (Lipinski definition) is 1. The summed E-state index contributed by atoms with van der Waals surface area (Å²) in [4.78, 5) is 28.0. The van der Waals surface area contributed by atoms with Gasteiger partial charge >= 0.3 is 0 Å². The second-order valence-electron chi connectivity index (χ2n) is 5.67. The van der Waals surface area contributed by atoms with Crippen LogP contribution in [0.3, 0.4) is 0 Å². The maximum atomic E-state index is 12.4.